The van der Waals surface area contributed by atoms with Gasteiger partial charge in [0.15, 0.2) is 0 Å². The second kappa shape index (κ2) is 9.63. The first-order valence-electron chi connectivity index (χ1n) is 9.76. The molecule has 0 unspecified atom stereocenters. The zero-order valence-electron chi connectivity index (χ0n) is 17.4. The Bertz CT molecular complexity index is 1110. The van der Waals surface area contributed by atoms with Crippen molar-refractivity contribution in [2.75, 3.05) is 18.9 Å². The second-order valence-corrected chi connectivity index (χ2v) is 6.78. The summed E-state index contributed by atoms with van der Waals surface area (Å²) < 4.78 is 50.9. The fourth-order valence-corrected chi connectivity index (χ4v) is 2.98. The standard InChI is InChI=1S/C22H21F3N4O3/c1-3-17(30)31-9-10-32-20-18(15-11-13(2)27-16(12-15)22(23,24)25)19(28-21(26)29-20)14-7-5-4-6-8-14/h4-8,11-12H,3,9-10H2,1-2H3,(H2,26,28,29). The average molecular weight is 446 g/mol. The lowest BCUT2D eigenvalue weighted by atomic mass is 9.99. The van der Waals surface area contributed by atoms with Gasteiger partial charge >= 0.3 is 12.1 Å². The van der Waals surface area contributed by atoms with E-state index in [4.69, 9.17) is 15.2 Å². The van der Waals surface area contributed by atoms with Crippen LogP contribution in [-0.4, -0.2) is 34.1 Å². The number of halogens is 3. The van der Waals surface area contributed by atoms with E-state index in [-0.39, 0.29) is 48.3 Å². The largest absolute Gasteiger partial charge is 0.473 e. The van der Waals surface area contributed by atoms with Gasteiger partial charge in [0, 0.05) is 17.7 Å². The van der Waals surface area contributed by atoms with Crippen LogP contribution in [0.3, 0.4) is 0 Å². The van der Waals surface area contributed by atoms with Crippen LogP contribution < -0.4 is 10.5 Å². The lowest BCUT2D eigenvalue weighted by molar-refractivity contribution is -0.144. The Morgan fingerprint density at radius 2 is 1.75 bits per heavy atom. The van der Waals surface area contributed by atoms with Gasteiger partial charge in [-0.15, -0.1) is 0 Å². The van der Waals surface area contributed by atoms with Gasteiger partial charge in [0.2, 0.25) is 11.8 Å². The van der Waals surface area contributed by atoms with Gasteiger partial charge in [0.25, 0.3) is 0 Å². The molecule has 0 saturated carbocycles. The third-order valence-corrected chi connectivity index (χ3v) is 4.35. The number of pyridine rings is 1. The van der Waals surface area contributed by atoms with Crippen LogP contribution in [0.15, 0.2) is 42.5 Å². The van der Waals surface area contributed by atoms with Crippen molar-refractivity contribution in [2.45, 2.75) is 26.4 Å². The van der Waals surface area contributed by atoms with Gasteiger partial charge in [0.05, 0.1) is 11.3 Å². The number of benzene rings is 1. The molecule has 10 heteroatoms. The van der Waals surface area contributed by atoms with Gasteiger partial charge in [-0.2, -0.15) is 18.2 Å². The first kappa shape index (κ1) is 23.0. The number of nitrogen functional groups attached to an aromatic ring is 1. The Kier molecular flexibility index (Phi) is 6.92. The number of aryl methyl sites for hydroxylation is 1. The highest BCUT2D eigenvalue weighted by atomic mass is 19.4. The van der Waals surface area contributed by atoms with Gasteiger partial charge in [0.1, 0.15) is 18.9 Å². The quantitative estimate of drug-likeness (QED) is 0.423. The fraction of sp³-hybridized carbons (Fsp3) is 0.273. The lowest BCUT2D eigenvalue weighted by Gasteiger charge is -2.17. The number of esters is 1. The molecular weight excluding hydrogens is 425 g/mol. The Balaban J connectivity index is 2.13. The van der Waals surface area contributed by atoms with Crippen molar-refractivity contribution in [1.29, 1.82) is 0 Å². The first-order valence-corrected chi connectivity index (χ1v) is 9.76. The Hall–Kier alpha value is -3.69. The summed E-state index contributed by atoms with van der Waals surface area (Å²) in [6.45, 7) is 2.99. The number of hydrogen-bond acceptors (Lipinski definition) is 7. The smallest absolute Gasteiger partial charge is 0.433 e. The SMILES string of the molecule is CCC(=O)OCCOc1nc(N)nc(-c2ccccc2)c1-c1cc(C)nc(C(F)(F)F)c1. The molecule has 0 atom stereocenters. The maximum atomic E-state index is 13.4. The van der Waals surface area contributed by atoms with Crippen molar-refractivity contribution in [3.63, 3.8) is 0 Å². The molecule has 0 aliphatic carbocycles. The summed E-state index contributed by atoms with van der Waals surface area (Å²) in [6.07, 6.45) is -4.43. The zero-order chi connectivity index (χ0) is 23.3. The van der Waals surface area contributed by atoms with Crippen molar-refractivity contribution < 1.29 is 27.4 Å². The minimum Gasteiger partial charge on any atom is -0.473 e. The van der Waals surface area contributed by atoms with E-state index in [0.29, 0.717) is 11.3 Å². The molecule has 3 aromatic rings. The monoisotopic (exact) mass is 446 g/mol. The van der Waals surface area contributed by atoms with E-state index in [1.165, 1.54) is 13.0 Å². The highest BCUT2D eigenvalue weighted by Crippen LogP contribution is 2.40. The summed E-state index contributed by atoms with van der Waals surface area (Å²) in [5, 5.41) is 0. The molecule has 0 aliphatic rings. The van der Waals surface area contributed by atoms with E-state index in [2.05, 4.69) is 15.0 Å². The van der Waals surface area contributed by atoms with Crippen molar-refractivity contribution in [2.24, 2.45) is 0 Å². The van der Waals surface area contributed by atoms with Crippen LogP contribution >= 0.6 is 0 Å². The minimum absolute atomic E-state index is 0.0253. The number of anilines is 1. The van der Waals surface area contributed by atoms with Crippen LogP contribution in [0.5, 0.6) is 5.88 Å². The number of nitrogens with two attached hydrogens (primary N) is 1. The van der Waals surface area contributed by atoms with Gasteiger partial charge in [-0.05, 0) is 24.6 Å². The minimum atomic E-state index is -4.64. The molecule has 0 amide bonds. The average Bonchev–Trinajstić information content (AvgIpc) is 2.75. The molecule has 32 heavy (non-hydrogen) atoms. The Morgan fingerprint density at radius 3 is 2.41 bits per heavy atom. The number of rotatable bonds is 7. The van der Waals surface area contributed by atoms with E-state index in [1.54, 1.807) is 37.3 Å². The molecule has 2 aromatic heterocycles. The van der Waals surface area contributed by atoms with Crippen molar-refractivity contribution in [3.8, 4) is 28.3 Å². The first-order chi connectivity index (χ1) is 15.2. The maximum Gasteiger partial charge on any atom is 0.433 e. The predicted molar refractivity (Wildman–Crippen MR) is 112 cm³/mol. The van der Waals surface area contributed by atoms with Crippen molar-refractivity contribution in [3.05, 3.63) is 53.9 Å². The summed E-state index contributed by atoms with van der Waals surface area (Å²) in [5.41, 5.74) is 6.29. The van der Waals surface area contributed by atoms with Crippen LogP contribution in [-0.2, 0) is 15.7 Å². The summed E-state index contributed by atoms with van der Waals surface area (Å²) in [7, 11) is 0. The molecule has 0 spiro atoms. The summed E-state index contributed by atoms with van der Waals surface area (Å²) in [5.74, 6) is -0.543. The molecule has 0 fully saturated rings. The van der Waals surface area contributed by atoms with E-state index in [9.17, 15) is 18.0 Å². The molecular formula is C22H21F3N4O3. The predicted octanol–water partition coefficient (Wildman–Crippen LogP) is 4.45. The maximum absolute atomic E-state index is 13.4. The normalized spacial score (nSPS) is 11.3. The molecule has 168 valence electrons. The molecule has 0 radical (unpaired) electrons. The van der Waals surface area contributed by atoms with Gasteiger partial charge in [-0.25, -0.2) is 9.97 Å². The van der Waals surface area contributed by atoms with Crippen LogP contribution in [0, 0.1) is 6.92 Å². The number of carbonyl (C=O) groups excluding carboxylic acids is 1. The Labute approximate surface area is 182 Å². The van der Waals surface area contributed by atoms with Crippen LogP contribution in [0.1, 0.15) is 24.7 Å². The molecule has 0 saturated heterocycles. The third-order valence-electron chi connectivity index (χ3n) is 4.35. The van der Waals surface area contributed by atoms with Crippen LogP contribution in [0.4, 0.5) is 19.1 Å². The highest BCUT2D eigenvalue weighted by Gasteiger charge is 2.33. The fourth-order valence-electron chi connectivity index (χ4n) is 2.98. The second-order valence-electron chi connectivity index (χ2n) is 6.78. The number of alkyl halides is 3. The lowest BCUT2D eigenvalue weighted by Crippen LogP contribution is -2.14. The van der Waals surface area contributed by atoms with Gasteiger partial charge in [-0.1, -0.05) is 37.3 Å². The highest BCUT2D eigenvalue weighted by molar-refractivity contribution is 5.85. The number of hydrogen-bond donors (Lipinski definition) is 1. The number of nitrogens with zero attached hydrogens (tertiary/aromatic N) is 3. The summed E-state index contributed by atoms with van der Waals surface area (Å²) in [6, 6.07) is 11.2. The van der Waals surface area contributed by atoms with Gasteiger partial charge < -0.3 is 15.2 Å². The van der Waals surface area contributed by atoms with E-state index >= 15 is 0 Å². The molecule has 0 bridgehead atoms. The van der Waals surface area contributed by atoms with Crippen LogP contribution in [0.25, 0.3) is 22.4 Å². The topological polar surface area (TPSA) is 100 Å². The number of ether oxygens (including phenoxy) is 2. The Morgan fingerprint density at radius 1 is 1.03 bits per heavy atom. The van der Waals surface area contributed by atoms with Crippen molar-refractivity contribution >= 4 is 11.9 Å². The molecule has 1 aromatic carbocycles. The molecule has 7 nitrogen and oxygen atoms in total. The van der Waals surface area contributed by atoms with E-state index in [0.717, 1.165) is 6.07 Å². The van der Waals surface area contributed by atoms with Crippen molar-refractivity contribution in [1.82, 2.24) is 15.0 Å². The van der Waals surface area contributed by atoms with E-state index in [1.807, 2.05) is 0 Å². The van der Waals surface area contributed by atoms with E-state index < -0.39 is 17.8 Å². The number of aromatic nitrogens is 3. The van der Waals surface area contributed by atoms with Gasteiger partial charge in [-0.3, -0.25) is 4.79 Å². The summed E-state index contributed by atoms with van der Waals surface area (Å²) in [4.78, 5) is 23.3. The summed E-state index contributed by atoms with van der Waals surface area (Å²) >= 11 is 0. The molecule has 3 rings (SSSR count). The molecule has 2 N–H and O–H groups in total. The zero-order valence-corrected chi connectivity index (χ0v) is 17.4. The van der Waals surface area contributed by atoms with Crippen LogP contribution in [0.2, 0.25) is 0 Å². The third kappa shape index (κ3) is 5.51. The number of carbonyl (C=O) groups is 1. The molecule has 0 aliphatic heterocycles. The molecule has 2 heterocycles.